The first-order valence-corrected chi connectivity index (χ1v) is 7.65. The van der Waals surface area contributed by atoms with Crippen molar-refractivity contribution in [2.75, 3.05) is 6.61 Å². The van der Waals surface area contributed by atoms with Crippen molar-refractivity contribution in [1.82, 2.24) is 0 Å². The highest BCUT2D eigenvalue weighted by Gasteiger charge is 2.15. The molecule has 20 heavy (non-hydrogen) atoms. The van der Waals surface area contributed by atoms with Gasteiger partial charge in [-0.05, 0) is 52.7 Å². The van der Waals surface area contributed by atoms with Gasteiger partial charge >= 0.3 is 5.97 Å². The SMILES string of the molecule is CCOC(=O)c1c(O)cccc1/C=C/c1ccc(Br)s1. The van der Waals surface area contributed by atoms with E-state index >= 15 is 0 Å². The molecule has 1 aromatic carbocycles. The maximum atomic E-state index is 11.9. The Kier molecular flexibility index (Phi) is 4.98. The average molecular weight is 353 g/mol. The number of esters is 1. The van der Waals surface area contributed by atoms with Crippen LogP contribution >= 0.6 is 27.3 Å². The molecule has 0 unspecified atom stereocenters. The lowest BCUT2D eigenvalue weighted by molar-refractivity contribution is 0.0523. The Morgan fingerprint density at radius 2 is 2.15 bits per heavy atom. The summed E-state index contributed by atoms with van der Waals surface area (Å²) in [4.78, 5) is 12.9. The molecular formula is C15H13BrO3S. The van der Waals surface area contributed by atoms with Gasteiger partial charge in [-0.1, -0.05) is 18.2 Å². The van der Waals surface area contributed by atoms with E-state index < -0.39 is 5.97 Å². The summed E-state index contributed by atoms with van der Waals surface area (Å²) in [6.07, 6.45) is 3.69. The van der Waals surface area contributed by atoms with Gasteiger partial charge < -0.3 is 9.84 Å². The molecule has 0 bridgehead atoms. The molecule has 0 aliphatic carbocycles. The third-order valence-corrected chi connectivity index (χ3v) is 4.16. The quantitative estimate of drug-likeness (QED) is 0.820. The van der Waals surface area contributed by atoms with Crippen LogP contribution in [0.5, 0.6) is 5.75 Å². The summed E-state index contributed by atoms with van der Waals surface area (Å²) in [5.41, 5.74) is 0.828. The van der Waals surface area contributed by atoms with Crippen molar-refractivity contribution in [2.45, 2.75) is 6.92 Å². The molecule has 1 N–H and O–H groups in total. The van der Waals surface area contributed by atoms with Gasteiger partial charge in [0.1, 0.15) is 11.3 Å². The van der Waals surface area contributed by atoms with E-state index in [1.54, 1.807) is 36.5 Å². The van der Waals surface area contributed by atoms with Crippen LogP contribution in [0, 0.1) is 0 Å². The van der Waals surface area contributed by atoms with Gasteiger partial charge in [-0.2, -0.15) is 0 Å². The van der Waals surface area contributed by atoms with Crippen LogP contribution in [0.1, 0.15) is 27.7 Å². The fraction of sp³-hybridized carbons (Fsp3) is 0.133. The first kappa shape index (κ1) is 14.8. The van der Waals surface area contributed by atoms with Crippen LogP contribution in [0.4, 0.5) is 0 Å². The van der Waals surface area contributed by atoms with E-state index in [9.17, 15) is 9.90 Å². The number of carbonyl (C=O) groups is 1. The average Bonchev–Trinajstić information content (AvgIpc) is 2.82. The maximum absolute atomic E-state index is 11.9. The van der Waals surface area contributed by atoms with Crippen LogP contribution in [-0.4, -0.2) is 17.7 Å². The Morgan fingerprint density at radius 1 is 1.35 bits per heavy atom. The first-order valence-electron chi connectivity index (χ1n) is 6.04. The highest BCUT2D eigenvalue weighted by atomic mass is 79.9. The number of hydrogen-bond donors (Lipinski definition) is 1. The van der Waals surface area contributed by atoms with E-state index in [4.69, 9.17) is 4.74 Å². The number of carbonyl (C=O) groups excluding carboxylic acids is 1. The fourth-order valence-corrected chi connectivity index (χ4v) is 3.04. The summed E-state index contributed by atoms with van der Waals surface area (Å²) < 4.78 is 6.01. The third-order valence-electron chi connectivity index (χ3n) is 2.58. The standard InChI is InChI=1S/C15H13BrO3S/c1-2-19-15(18)14-10(4-3-5-12(14)17)6-7-11-8-9-13(16)20-11/h3-9,17H,2H2,1H3/b7-6+. The summed E-state index contributed by atoms with van der Waals surface area (Å²) in [7, 11) is 0. The molecule has 0 saturated carbocycles. The highest BCUT2D eigenvalue weighted by molar-refractivity contribution is 9.11. The van der Waals surface area contributed by atoms with E-state index in [-0.39, 0.29) is 17.9 Å². The molecule has 0 aliphatic heterocycles. The summed E-state index contributed by atoms with van der Waals surface area (Å²) in [6.45, 7) is 2.00. The van der Waals surface area contributed by atoms with Crippen LogP contribution in [0.2, 0.25) is 0 Å². The molecule has 0 aliphatic rings. The Bertz CT molecular complexity index is 646. The minimum absolute atomic E-state index is 0.0713. The molecule has 2 aromatic rings. The van der Waals surface area contributed by atoms with Gasteiger partial charge in [-0.3, -0.25) is 0 Å². The number of benzene rings is 1. The predicted octanol–water partition coefficient (Wildman–Crippen LogP) is 4.56. The Morgan fingerprint density at radius 3 is 2.80 bits per heavy atom. The third kappa shape index (κ3) is 3.49. The number of hydrogen-bond acceptors (Lipinski definition) is 4. The number of thiophene rings is 1. The van der Waals surface area contributed by atoms with Gasteiger partial charge in [0.05, 0.1) is 10.4 Å². The van der Waals surface area contributed by atoms with Gasteiger partial charge in [0.2, 0.25) is 0 Å². The number of phenols is 1. The number of phenolic OH excluding ortho intramolecular Hbond substituents is 1. The molecule has 2 rings (SSSR count). The maximum Gasteiger partial charge on any atom is 0.342 e. The van der Waals surface area contributed by atoms with Crippen molar-refractivity contribution in [3.05, 3.63) is 50.1 Å². The van der Waals surface area contributed by atoms with Gasteiger partial charge in [-0.15, -0.1) is 11.3 Å². The van der Waals surface area contributed by atoms with Crippen LogP contribution in [0.3, 0.4) is 0 Å². The molecule has 5 heteroatoms. The van der Waals surface area contributed by atoms with Crippen molar-refractivity contribution in [3.8, 4) is 5.75 Å². The lowest BCUT2D eigenvalue weighted by atomic mass is 10.1. The predicted molar refractivity (Wildman–Crippen MR) is 85.0 cm³/mol. The number of halogens is 1. The van der Waals surface area contributed by atoms with Crippen molar-refractivity contribution in [1.29, 1.82) is 0 Å². The molecule has 1 aromatic heterocycles. The van der Waals surface area contributed by atoms with Crippen molar-refractivity contribution in [3.63, 3.8) is 0 Å². The topological polar surface area (TPSA) is 46.5 Å². The second-order valence-corrected chi connectivity index (χ2v) is 6.43. The van der Waals surface area contributed by atoms with Crippen molar-refractivity contribution < 1.29 is 14.6 Å². The Labute approximate surface area is 129 Å². The molecule has 0 spiro atoms. The zero-order valence-corrected chi connectivity index (χ0v) is 13.2. The van der Waals surface area contributed by atoms with Crippen LogP contribution in [0.15, 0.2) is 34.1 Å². The largest absolute Gasteiger partial charge is 0.507 e. The van der Waals surface area contributed by atoms with Crippen LogP contribution < -0.4 is 0 Å². The molecule has 0 saturated heterocycles. The van der Waals surface area contributed by atoms with E-state index in [1.165, 1.54) is 6.07 Å². The van der Waals surface area contributed by atoms with Gasteiger partial charge in [0.25, 0.3) is 0 Å². The summed E-state index contributed by atoms with van der Waals surface area (Å²) in [6, 6.07) is 8.87. The molecule has 1 heterocycles. The monoisotopic (exact) mass is 352 g/mol. The number of ether oxygens (including phenoxy) is 1. The summed E-state index contributed by atoms with van der Waals surface area (Å²) in [5.74, 6) is -0.587. The fourth-order valence-electron chi connectivity index (χ4n) is 1.71. The molecule has 3 nitrogen and oxygen atoms in total. The number of rotatable bonds is 4. The zero-order valence-electron chi connectivity index (χ0n) is 10.8. The van der Waals surface area contributed by atoms with Gasteiger partial charge in [0.15, 0.2) is 0 Å². The molecule has 0 atom stereocenters. The second-order valence-electron chi connectivity index (χ2n) is 3.94. The molecule has 0 amide bonds. The molecule has 0 radical (unpaired) electrons. The normalized spacial score (nSPS) is 10.9. The lowest BCUT2D eigenvalue weighted by Crippen LogP contribution is -2.06. The minimum atomic E-state index is -0.516. The first-order chi connectivity index (χ1) is 9.61. The number of aromatic hydroxyl groups is 1. The molecule has 104 valence electrons. The second kappa shape index (κ2) is 6.72. The van der Waals surface area contributed by atoms with Crippen molar-refractivity contribution >= 4 is 45.4 Å². The van der Waals surface area contributed by atoms with E-state index in [0.29, 0.717) is 5.56 Å². The van der Waals surface area contributed by atoms with Gasteiger partial charge in [0, 0.05) is 4.88 Å². The van der Waals surface area contributed by atoms with Crippen molar-refractivity contribution in [2.24, 2.45) is 0 Å². The van der Waals surface area contributed by atoms with Crippen LogP contribution in [0.25, 0.3) is 12.2 Å². The van der Waals surface area contributed by atoms with E-state index in [0.717, 1.165) is 8.66 Å². The van der Waals surface area contributed by atoms with Crippen LogP contribution in [-0.2, 0) is 4.74 Å². The highest BCUT2D eigenvalue weighted by Crippen LogP contribution is 2.26. The minimum Gasteiger partial charge on any atom is -0.507 e. The molecular weight excluding hydrogens is 340 g/mol. The zero-order chi connectivity index (χ0) is 14.5. The summed E-state index contributed by atoms with van der Waals surface area (Å²) >= 11 is 4.99. The van der Waals surface area contributed by atoms with E-state index in [1.807, 2.05) is 18.2 Å². The lowest BCUT2D eigenvalue weighted by Gasteiger charge is -2.07. The van der Waals surface area contributed by atoms with Gasteiger partial charge in [-0.25, -0.2) is 4.79 Å². The summed E-state index contributed by atoms with van der Waals surface area (Å²) in [5, 5.41) is 9.85. The van der Waals surface area contributed by atoms with E-state index in [2.05, 4.69) is 15.9 Å². The Hall–Kier alpha value is -1.59. The smallest absolute Gasteiger partial charge is 0.342 e. The molecule has 0 fully saturated rings. The Balaban J connectivity index is 2.34.